The third-order valence-corrected chi connectivity index (χ3v) is 2.57. The van der Waals surface area contributed by atoms with Gasteiger partial charge in [-0.2, -0.15) is 0 Å². The van der Waals surface area contributed by atoms with Crippen molar-refractivity contribution in [1.82, 2.24) is 4.98 Å². The molecule has 1 aliphatic heterocycles. The Hall–Kier alpha value is -1.16. The van der Waals surface area contributed by atoms with E-state index >= 15 is 0 Å². The van der Waals surface area contributed by atoms with Gasteiger partial charge in [0.25, 0.3) is 0 Å². The van der Waals surface area contributed by atoms with Gasteiger partial charge in [-0.1, -0.05) is 0 Å². The molecule has 0 saturated carbocycles. The van der Waals surface area contributed by atoms with E-state index in [0.717, 1.165) is 32.6 Å². The van der Waals surface area contributed by atoms with Crippen molar-refractivity contribution in [2.24, 2.45) is 5.92 Å². The highest BCUT2D eigenvalue weighted by molar-refractivity contribution is 5.35. The molecule has 1 aliphatic rings. The van der Waals surface area contributed by atoms with Gasteiger partial charge in [0, 0.05) is 19.3 Å². The fourth-order valence-electron chi connectivity index (χ4n) is 1.73. The Labute approximate surface area is 88.7 Å². The molecule has 0 amide bonds. The second-order valence-corrected chi connectivity index (χ2v) is 3.80. The van der Waals surface area contributed by atoms with Gasteiger partial charge >= 0.3 is 0 Å². The first-order valence-electron chi connectivity index (χ1n) is 5.28. The Morgan fingerprint density at radius 3 is 3.27 bits per heavy atom. The van der Waals surface area contributed by atoms with Crippen LogP contribution in [0.3, 0.4) is 0 Å². The highest BCUT2D eigenvalue weighted by atomic mass is 19.1. The summed E-state index contributed by atoms with van der Waals surface area (Å²) in [5, 5.41) is 3.02. The minimum Gasteiger partial charge on any atom is -0.381 e. The van der Waals surface area contributed by atoms with Gasteiger partial charge in [0.05, 0.1) is 6.61 Å². The molecule has 2 rings (SSSR count). The van der Waals surface area contributed by atoms with Gasteiger partial charge in [0.15, 0.2) is 11.6 Å². The van der Waals surface area contributed by atoms with Gasteiger partial charge in [-0.3, -0.25) is 0 Å². The molecule has 0 unspecified atom stereocenters. The van der Waals surface area contributed by atoms with Crippen molar-refractivity contribution in [3.63, 3.8) is 0 Å². The lowest BCUT2D eigenvalue weighted by Gasteiger charge is -2.22. The van der Waals surface area contributed by atoms with E-state index in [-0.39, 0.29) is 5.82 Å². The largest absolute Gasteiger partial charge is 0.381 e. The van der Waals surface area contributed by atoms with Crippen LogP contribution in [-0.2, 0) is 4.74 Å². The molecule has 4 heteroatoms. The van der Waals surface area contributed by atoms with Crippen molar-refractivity contribution in [3.8, 4) is 0 Å². The molecule has 15 heavy (non-hydrogen) atoms. The van der Waals surface area contributed by atoms with E-state index in [1.165, 1.54) is 6.07 Å². The Balaban J connectivity index is 1.84. The Morgan fingerprint density at radius 2 is 2.53 bits per heavy atom. The molecule has 0 bridgehead atoms. The topological polar surface area (TPSA) is 34.2 Å². The smallest absolute Gasteiger partial charge is 0.165 e. The van der Waals surface area contributed by atoms with Crippen LogP contribution >= 0.6 is 0 Å². The number of hydrogen-bond acceptors (Lipinski definition) is 3. The fourth-order valence-corrected chi connectivity index (χ4v) is 1.73. The number of pyridine rings is 1. The van der Waals surface area contributed by atoms with Crippen LogP contribution in [0.5, 0.6) is 0 Å². The zero-order valence-electron chi connectivity index (χ0n) is 8.58. The number of halogens is 1. The summed E-state index contributed by atoms with van der Waals surface area (Å²) in [6.07, 6.45) is 3.82. The maximum absolute atomic E-state index is 13.2. The number of nitrogens with zero attached hydrogens (tertiary/aromatic N) is 1. The Morgan fingerprint density at radius 1 is 1.60 bits per heavy atom. The minimum absolute atomic E-state index is 0.297. The fraction of sp³-hybridized carbons (Fsp3) is 0.545. The maximum Gasteiger partial charge on any atom is 0.165 e. The second-order valence-electron chi connectivity index (χ2n) is 3.80. The maximum atomic E-state index is 13.2. The Bertz CT molecular complexity index is 313. The van der Waals surface area contributed by atoms with Crippen molar-refractivity contribution in [3.05, 3.63) is 24.1 Å². The highest BCUT2D eigenvalue weighted by Crippen LogP contribution is 2.15. The van der Waals surface area contributed by atoms with E-state index in [0.29, 0.717) is 11.7 Å². The third kappa shape index (κ3) is 2.89. The molecular formula is C11H15FN2O. The first kappa shape index (κ1) is 10.4. The van der Waals surface area contributed by atoms with Crippen LogP contribution in [0.4, 0.5) is 10.2 Å². The lowest BCUT2D eigenvalue weighted by molar-refractivity contribution is 0.0594. The van der Waals surface area contributed by atoms with Gasteiger partial charge in [0.2, 0.25) is 0 Å². The molecule has 0 aromatic carbocycles. The molecule has 3 nitrogen and oxygen atoms in total. The highest BCUT2D eigenvalue weighted by Gasteiger charge is 2.14. The second kappa shape index (κ2) is 5.07. The Kier molecular flexibility index (Phi) is 3.50. The minimum atomic E-state index is -0.297. The molecule has 1 saturated heterocycles. The average molecular weight is 210 g/mol. The van der Waals surface area contributed by atoms with Crippen molar-refractivity contribution in [2.45, 2.75) is 12.8 Å². The van der Waals surface area contributed by atoms with Gasteiger partial charge in [-0.05, 0) is 30.9 Å². The summed E-state index contributed by atoms with van der Waals surface area (Å²) in [5.41, 5.74) is 0. The zero-order chi connectivity index (χ0) is 10.5. The van der Waals surface area contributed by atoms with Crippen LogP contribution in [0, 0.1) is 11.7 Å². The van der Waals surface area contributed by atoms with Crippen molar-refractivity contribution < 1.29 is 9.13 Å². The van der Waals surface area contributed by atoms with Crippen molar-refractivity contribution in [1.29, 1.82) is 0 Å². The van der Waals surface area contributed by atoms with E-state index in [4.69, 9.17) is 4.74 Å². The standard InChI is InChI=1S/C11H15FN2O/c12-10-4-1-5-13-11(10)14-7-9-3-2-6-15-8-9/h1,4-5,9H,2-3,6-8H2,(H,13,14)/t9-/m0/s1. The van der Waals surface area contributed by atoms with Crippen LogP contribution in [0.25, 0.3) is 0 Å². The van der Waals surface area contributed by atoms with Crippen LogP contribution in [0.15, 0.2) is 18.3 Å². The van der Waals surface area contributed by atoms with E-state index in [9.17, 15) is 4.39 Å². The summed E-state index contributed by atoms with van der Waals surface area (Å²) in [6, 6.07) is 3.00. The summed E-state index contributed by atoms with van der Waals surface area (Å²) >= 11 is 0. The number of nitrogens with one attached hydrogen (secondary N) is 1. The van der Waals surface area contributed by atoms with Gasteiger partial charge in [-0.25, -0.2) is 9.37 Å². The van der Waals surface area contributed by atoms with Crippen LogP contribution in [0.1, 0.15) is 12.8 Å². The first-order valence-corrected chi connectivity index (χ1v) is 5.28. The van der Waals surface area contributed by atoms with E-state index in [2.05, 4.69) is 10.3 Å². The number of aromatic nitrogens is 1. The summed E-state index contributed by atoms with van der Waals surface area (Å²) in [7, 11) is 0. The van der Waals surface area contributed by atoms with Gasteiger partial charge in [-0.15, -0.1) is 0 Å². The van der Waals surface area contributed by atoms with Crippen LogP contribution in [0.2, 0.25) is 0 Å². The zero-order valence-corrected chi connectivity index (χ0v) is 8.58. The summed E-state index contributed by atoms with van der Waals surface area (Å²) in [4.78, 5) is 3.94. The summed E-state index contributed by atoms with van der Waals surface area (Å²) in [5.74, 6) is 0.512. The molecule has 1 aromatic heterocycles. The molecule has 0 spiro atoms. The number of anilines is 1. The molecule has 82 valence electrons. The van der Waals surface area contributed by atoms with Gasteiger partial charge < -0.3 is 10.1 Å². The predicted octanol–water partition coefficient (Wildman–Crippen LogP) is 2.06. The lowest BCUT2D eigenvalue weighted by atomic mass is 10.0. The normalized spacial score (nSPS) is 21.3. The van der Waals surface area contributed by atoms with Crippen LogP contribution in [-0.4, -0.2) is 24.7 Å². The van der Waals surface area contributed by atoms with Crippen LogP contribution < -0.4 is 5.32 Å². The quantitative estimate of drug-likeness (QED) is 0.829. The first-order chi connectivity index (χ1) is 7.36. The van der Waals surface area contributed by atoms with E-state index in [1.807, 2.05) is 0 Å². The third-order valence-electron chi connectivity index (χ3n) is 2.57. The van der Waals surface area contributed by atoms with Crippen molar-refractivity contribution in [2.75, 3.05) is 25.1 Å². The molecule has 0 aliphatic carbocycles. The predicted molar refractivity (Wildman–Crippen MR) is 56.2 cm³/mol. The molecule has 1 fully saturated rings. The molecular weight excluding hydrogens is 195 g/mol. The molecule has 1 N–H and O–H groups in total. The SMILES string of the molecule is Fc1cccnc1NC[C@@H]1CCCOC1. The summed E-state index contributed by atoms with van der Waals surface area (Å²) < 4.78 is 18.5. The van der Waals surface area contributed by atoms with E-state index < -0.39 is 0 Å². The average Bonchev–Trinajstić information content (AvgIpc) is 2.29. The lowest BCUT2D eigenvalue weighted by Crippen LogP contribution is -2.24. The molecule has 1 atom stereocenters. The number of rotatable bonds is 3. The molecule has 1 aromatic rings. The van der Waals surface area contributed by atoms with Gasteiger partial charge in [0.1, 0.15) is 0 Å². The van der Waals surface area contributed by atoms with E-state index in [1.54, 1.807) is 12.3 Å². The number of ether oxygens (including phenoxy) is 1. The summed E-state index contributed by atoms with van der Waals surface area (Å²) in [6.45, 7) is 2.35. The van der Waals surface area contributed by atoms with Crippen molar-refractivity contribution >= 4 is 5.82 Å². The number of hydrogen-bond donors (Lipinski definition) is 1. The molecule has 2 heterocycles. The monoisotopic (exact) mass is 210 g/mol. The molecule has 0 radical (unpaired) electrons.